The molecule has 0 spiro atoms. The van der Waals surface area contributed by atoms with Crippen molar-refractivity contribution in [2.24, 2.45) is 0 Å². The second-order valence-corrected chi connectivity index (χ2v) is 7.92. The molecule has 0 aliphatic carbocycles. The summed E-state index contributed by atoms with van der Waals surface area (Å²) in [5.41, 5.74) is 0.811. The van der Waals surface area contributed by atoms with Gasteiger partial charge in [-0.25, -0.2) is 13.1 Å². The molecule has 140 valence electrons. The molecule has 2 rings (SSSR count). The second kappa shape index (κ2) is 9.28. The van der Waals surface area contributed by atoms with Gasteiger partial charge in [-0.05, 0) is 50.9 Å². The molecular formula is C17H26N2O5S. The van der Waals surface area contributed by atoms with Crippen LogP contribution < -0.4 is 10.0 Å². The molecule has 1 amide bonds. The van der Waals surface area contributed by atoms with E-state index in [1.165, 1.54) is 19.2 Å². The average Bonchev–Trinajstić information content (AvgIpc) is 2.65. The number of ether oxygens (including phenoxy) is 2. The summed E-state index contributed by atoms with van der Waals surface area (Å²) in [6, 6.07) is 6.36. The summed E-state index contributed by atoms with van der Waals surface area (Å²) >= 11 is 0. The van der Waals surface area contributed by atoms with Crippen LogP contribution in [0.1, 0.15) is 31.7 Å². The zero-order chi connectivity index (χ0) is 18.3. The molecule has 25 heavy (non-hydrogen) atoms. The van der Waals surface area contributed by atoms with Gasteiger partial charge in [0.15, 0.2) is 0 Å². The van der Waals surface area contributed by atoms with E-state index in [1.54, 1.807) is 19.1 Å². The fraction of sp³-hybridized carbons (Fsp3) is 0.588. The molecule has 1 aliphatic heterocycles. The number of carbonyl (C=O) groups excluding carboxylic acids is 1. The molecule has 0 bridgehead atoms. The van der Waals surface area contributed by atoms with E-state index in [0.29, 0.717) is 13.2 Å². The molecule has 1 aromatic rings. The first-order valence-electron chi connectivity index (χ1n) is 8.46. The first-order valence-corrected chi connectivity index (χ1v) is 9.94. The van der Waals surface area contributed by atoms with Crippen LogP contribution in [0.5, 0.6) is 0 Å². The number of amides is 1. The summed E-state index contributed by atoms with van der Waals surface area (Å²) in [5.74, 6) is -0.206. The second-order valence-electron chi connectivity index (χ2n) is 6.03. The molecular weight excluding hydrogens is 344 g/mol. The zero-order valence-corrected chi connectivity index (χ0v) is 15.5. The smallest absolute Gasteiger partial charge is 0.249 e. The summed E-state index contributed by atoms with van der Waals surface area (Å²) < 4.78 is 36.7. The standard InChI is InChI=1S/C17H26N2O5S/c1-13(24-12-15-5-3-4-10-23-15)17(20)19-11-14-6-8-16(9-7-14)25(21,22)18-2/h6-9,13,15,18H,3-5,10-12H2,1-2H3,(H,19,20). The molecule has 1 aromatic carbocycles. The molecule has 1 fully saturated rings. The molecule has 2 unspecified atom stereocenters. The Labute approximate surface area is 149 Å². The SMILES string of the molecule is CNS(=O)(=O)c1ccc(CNC(=O)C(C)OCC2CCCCO2)cc1. The predicted molar refractivity (Wildman–Crippen MR) is 93.5 cm³/mol. The Morgan fingerprint density at radius 3 is 2.64 bits per heavy atom. The first-order chi connectivity index (χ1) is 11.9. The fourth-order valence-corrected chi connectivity index (χ4v) is 3.23. The lowest BCUT2D eigenvalue weighted by Crippen LogP contribution is -2.36. The number of rotatable bonds is 8. The predicted octanol–water partition coefficient (Wildman–Crippen LogP) is 1.19. The monoisotopic (exact) mass is 370 g/mol. The van der Waals surface area contributed by atoms with E-state index < -0.39 is 16.1 Å². The minimum Gasteiger partial charge on any atom is -0.376 e. The minimum atomic E-state index is -3.45. The van der Waals surface area contributed by atoms with Gasteiger partial charge >= 0.3 is 0 Å². The summed E-state index contributed by atoms with van der Waals surface area (Å²) in [6.07, 6.45) is 2.70. The van der Waals surface area contributed by atoms with E-state index in [4.69, 9.17) is 9.47 Å². The van der Waals surface area contributed by atoms with E-state index >= 15 is 0 Å². The van der Waals surface area contributed by atoms with Crippen molar-refractivity contribution in [1.29, 1.82) is 0 Å². The molecule has 0 radical (unpaired) electrons. The zero-order valence-electron chi connectivity index (χ0n) is 14.7. The van der Waals surface area contributed by atoms with Gasteiger partial charge < -0.3 is 14.8 Å². The Balaban J connectivity index is 1.76. The Morgan fingerprint density at radius 1 is 1.32 bits per heavy atom. The fourth-order valence-electron chi connectivity index (χ4n) is 2.50. The third-order valence-electron chi connectivity index (χ3n) is 4.14. The maximum absolute atomic E-state index is 12.1. The lowest BCUT2D eigenvalue weighted by atomic mass is 10.1. The van der Waals surface area contributed by atoms with Crippen LogP contribution in [0.3, 0.4) is 0 Å². The molecule has 7 nitrogen and oxygen atoms in total. The van der Waals surface area contributed by atoms with E-state index in [2.05, 4.69) is 10.0 Å². The Kier molecular flexibility index (Phi) is 7.37. The van der Waals surface area contributed by atoms with E-state index in [1.807, 2.05) is 0 Å². The topological polar surface area (TPSA) is 93.7 Å². The number of sulfonamides is 1. The molecule has 0 aromatic heterocycles. The van der Waals surface area contributed by atoms with E-state index in [9.17, 15) is 13.2 Å². The minimum absolute atomic E-state index is 0.0747. The Morgan fingerprint density at radius 2 is 2.04 bits per heavy atom. The van der Waals surface area contributed by atoms with Crippen LogP contribution in [0.2, 0.25) is 0 Å². The maximum atomic E-state index is 12.1. The number of hydrogen-bond donors (Lipinski definition) is 2. The Hall–Kier alpha value is -1.48. The highest BCUT2D eigenvalue weighted by molar-refractivity contribution is 7.89. The van der Waals surface area contributed by atoms with Gasteiger partial charge in [-0.15, -0.1) is 0 Å². The summed E-state index contributed by atoms with van der Waals surface area (Å²) in [4.78, 5) is 12.3. The lowest BCUT2D eigenvalue weighted by molar-refractivity contribution is -0.135. The van der Waals surface area contributed by atoms with Crippen LogP contribution in [0.15, 0.2) is 29.2 Å². The van der Waals surface area contributed by atoms with E-state index in [-0.39, 0.29) is 16.9 Å². The van der Waals surface area contributed by atoms with Gasteiger partial charge in [0.1, 0.15) is 6.10 Å². The largest absolute Gasteiger partial charge is 0.376 e. The van der Waals surface area contributed by atoms with Crippen molar-refractivity contribution >= 4 is 15.9 Å². The molecule has 1 heterocycles. The van der Waals surface area contributed by atoms with Gasteiger partial charge in [0, 0.05) is 13.2 Å². The molecule has 0 saturated carbocycles. The van der Waals surface area contributed by atoms with Crippen molar-refractivity contribution in [3.8, 4) is 0 Å². The molecule has 1 saturated heterocycles. The average molecular weight is 370 g/mol. The Bertz CT molecular complexity index is 654. The third kappa shape index (κ3) is 6.07. The number of benzene rings is 1. The van der Waals surface area contributed by atoms with Crippen LogP contribution in [0, 0.1) is 0 Å². The first kappa shape index (κ1) is 19.8. The van der Waals surface area contributed by atoms with Crippen molar-refractivity contribution in [2.75, 3.05) is 20.3 Å². The van der Waals surface area contributed by atoms with Gasteiger partial charge in [-0.2, -0.15) is 0 Å². The summed E-state index contributed by atoms with van der Waals surface area (Å²) in [5, 5.41) is 2.79. The highest BCUT2D eigenvalue weighted by Crippen LogP contribution is 2.13. The third-order valence-corrected chi connectivity index (χ3v) is 5.57. The van der Waals surface area contributed by atoms with Gasteiger partial charge in [0.25, 0.3) is 0 Å². The molecule has 1 aliphatic rings. The maximum Gasteiger partial charge on any atom is 0.249 e. The van der Waals surface area contributed by atoms with Gasteiger partial charge in [0.2, 0.25) is 15.9 Å². The van der Waals surface area contributed by atoms with Crippen molar-refractivity contribution < 1.29 is 22.7 Å². The molecule has 2 N–H and O–H groups in total. The van der Waals surface area contributed by atoms with Gasteiger partial charge in [-0.1, -0.05) is 12.1 Å². The quantitative estimate of drug-likeness (QED) is 0.717. The van der Waals surface area contributed by atoms with Crippen molar-refractivity contribution in [1.82, 2.24) is 10.0 Å². The van der Waals surface area contributed by atoms with Crippen LogP contribution in [0.25, 0.3) is 0 Å². The van der Waals surface area contributed by atoms with Crippen molar-refractivity contribution in [3.05, 3.63) is 29.8 Å². The number of carbonyl (C=O) groups is 1. The van der Waals surface area contributed by atoms with E-state index in [0.717, 1.165) is 31.4 Å². The number of nitrogens with one attached hydrogen (secondary N) is 2. The van der Waals surface area contributed by atoms with Crippen LogP contribution >= 0.6 is 0 Å². The normalized spacial score (nSPS) is 19.4. The number of hydrogen-bond acceptors (Lipinski definition) is 5. The van der Waals surface area contributed by atoms with Crippen LogP contribution in [-0.2, 0) is 30.8 Å². The van der Waals surface area contributed by atoms with Crippen molar-refractivity contribution in [3.63, 3.8) is 0 Å². The van der Waals surface area contributed by atoms with Gasteiger partial charge in [0.05, 0.1) is 17.6 Å². The lowest BCUT2D eigenvalue weighted by Gasteiger charge is -2.23. The van der Waals surface area contributed by atoms with Crippen LogP contribution in [-0.4, -0.2) is 46.8 Å². The molecule has 2 atom stereocenters. The summed E-state index contributed by atoms with van der Waals surface area (Å²) in [7, 11) is -2.08. The highest BCUT2D eigenvalue weighted by Gasteiger charge is 2.18. The molecule has 8 heteroatoms. The van der Waals surface area contributed by atoms with Crippen LogP contribution in [0.4, 0.5) is 0 Å². The highest BCUT2D eigenvalue weighted by atomic mass is 32.2. The van der Waals surface area contributed by atoms with Crippen molar-refractivity contribution in [2.45, 2.75) is 49.8 Å². The van der Waals surface area contributed by atoms with Gasteiger partial charge in [-0.3, -0.25) is 4.79 Å². The summed E-state index contributed by atoms with van der Waals surface area (Å²) in [6.45, 7) is 3.20.